The summed E-state index contributed by atoms with van der Waals surface area (Å²) >= 11 is 8.20. The average Bonchev–Trinajstić information content (AvgIpc) is 2.89. The van der Waals surface area contributed by atoms with Gasteiger partial charge in [0, 0.05) is 24.2 Å². The molecule has 0 aromatic carbocycles. The highest BCUT2D eigenvalue weighted by Gasteiger charge is 2.13. The van der Waals surface area contributed by atoms with E-state index in [9.17, 15) is 4.79 Å². The Balaban J connectivity index is 1.99. The number of likely N-dealkylation sites (N-methyl/N-ethyl adjacent to an activating group) is 1. The smallest absolute Gasteiger partial charge is 0.227 e. The van der Waals surface area contributed by atoms with Crippen LogP contribution in [0, 0.1) is 10.9 Å². The number of nitrogens with zero attached hydrogens (tertiary/aromatic N) is 1. The molecule has 2 rings (SSSR count). The summed E-state index contributed by atoms with van der Waals surface area (Å²) in [6.07, 6.45) is 0.421. The van der Waals surface area contributed by atoms with Gasteiger partial charge in [-0.2, -0.15) is 11.3 Å². The average molecular weight is 298 g/mol. The van der Waals surface area contributed by atoms with Crippen molar-refractivity contribution in [3.63, 3.8) is 0 Å². The van der Waals surface area contributed by atoms with Crippen molar-refractivity contribution in [2.45, 2.75) is 19.9 Å². The Morgan fingerprint density at radius 3 is 2.89 bits per heavy atom. The van der Waals surface area contributed by atoms with E-state index in [2.05, 4.69) is 10.4 Å². The predicted octanol–water partition coefficient (Wildman–Crippen LogP) is 3.38. The maximum atomic E-state index is 12.1. The van der Waals surface area contributed by atoms with E-state index in [1.54, 1.807) is 16.2 Å². The molecule has 0 aliphatic carbocycles. The van der Waals surface area contributed by atoms with Gasteiger partial charge < -0.3 is 9.88 Å². The summed E-state index contributed by atoms with van der Waals surface area (Å²) in [6, 6.07) is 2.04. The van der Waals surface area contributed by atoms with E-state index >= 15 is 0 Å². The Labute approximate surface area is 119 Å². The van der Waals surface area contributed by atoms with E-state index in [-0.39, 0.29) is 5.91 Å². The third-order valence-electron chi connectivity index (χ3n) is 2.66. The third kappa shape index (κ3) is 3.28. The zero-order valence-electron chi connectivity index (χ0n) is 10.2. The largest absolute Gasteiger partial charge is 0.341 e. The summed E-state index contributed by atoms with van der Waals surface area (Å²) in [5.74, 6) is 0.120. The van der Waals surface area contributed by atoms with Gasteiger partial charge in [-0.05, 0) is 41.5 Å². The first kappa shape index (κ1) is 13.5. The van der Waals surface area contributed by atoms with Crippen LogP contribution in [0.5, 0.6) is 0 Å². The molecule has 3 nitrogen and oxygen atoms in total. The van der Waals surface area contributed by atoms with Gasteiger partial charge in [0.2, 0.25) is 5.91 Å². The highest BCUT2D eigenvalue weighted by atomic mass is 32.1. The second-order valence-corrected chi connectivity index (χ2v) is 6.67. The Kier molecular flexibility index (Phi) is 4.31. The number of nitrogens with one attached hydrogen (secondary N) is 1. The van der Waals surface area contributed by atoms with Gasteiger partial charge in [-0.25, -0.2) is 0 Å². The molecule has 2 heterocycles. The van der Waals surface area contributed by atoms with Gasteiger partial charge in [0.15, 0.2) is 3.95 Å². The topological polar surface area (TPSA) is 36.1 Å². The maximum absolute atomic E-state index is 12.1. The third-order valence-corrected chi connectivity index (χ3v) is 4.73. The molecule has 96 valence electrons. The second-order valence-electron chi connectivity index (χ2n) is 4.12. The number of aromatic amines is 1. The van der Waals surface area contributed by atoms with Crippen LogP contribution in [0.15, 0.2) is 16.8 Å². The van der Waals surface area contributed by atoms with E-state index in [0.29, 0.717) is 13.0 Å². The Hall–Kier alpha value is -0.980. The van der Waals surface area contributed by atoms with Crippen LogP contribution in [-0.4, -0.2) is 22.8 Å². The van der Waals surface area contributed by atoms with Gasteiger partial charge in [-0.15, -0.1) is 11.3 Å². The molecule has 0 unspecified atom stereocenters. The minimum Gasteiger partial charge on any atom is -0.341 e. The molecule has 0 bridgehead atoms. The van der Waals surface area contributed by atoms with Gasteiger partial charge in [0.1, 0.15) is 0 Å². The minimum absolute atomic E-state index is 0.120. The van der Waals surface area contributed by atoms with Gasteiger partial charge in [0.25, 0.3) is 0 Å². The minimum atomic E-state index is 0.120. The lowest BCUT2D eigenvalue weighted by molar-refractivity contribution is -0.129. The Bertz CT molecular complexity index is 583. The molecule has 0 aliphatic heterocycles. The quantitative estimate of drug-likeness (QED) is 0.879. The molecule has 0 aliphatic rings. The highest BCUT2D eigenvalue weighted by molar-refractivity contribution is 7.73. The number of rotatable bonds is 4. The molecule has 0 fully saturated rings. The van der Waals surface area contributed by atoms with Crippen molar-refractivity contribution in [3.05, 3.63) is 36.9 Å². The predicted molar refractivity (Wildman–Crippen MR) is 78.7 cm³/mol. The molecule has 0 radical (unpaired) electrons. The monoisotopic (exact) mass is 298 g/mol. The van der Waals surface area contributed by atoms with E-state index in [1.807, 2.05) is 25.4 Å². The summed E-state index contributed by atoms with van der Waals surface area (Å²) in [7, 11) is 1.83. The van der Waals surface area contributed by atoms with Crippen molar-refractivity contribution < 1.29 is 4.79 Å². The molecule has 0 saturated heterocycles. The molecule has 2 aromatic heterocycles. The normalized spacial score (nSPS) is 10.6. The summed E-state index contributed by atoms with van der Waals surface area (Å²) < 4.78 is 0.732. The number of thiophene rings is 1. The zero-order valence-corrected chi connectivity index (χ0v) is 12.7. The first-order valence-electron chi connectivity index (χ1n) is 5.50. The Morgan fingerprint density at radius 2 is 2.33 bits per heavy atom. The summed E-state index contributed by atoms with van der Waals surface area (Å²) in [5.41, 5.74) is 2.18. The van der Waals surface area contributed by atoms with Crippen LogP contribution in [0.4, 0.5) is 0 Å². The number of carbonyl (C=O) groups is 1. The first-order chi connectivity index (χ1) is 8.56. The van der Waals surface area contributed by atoms with Crippen LogP contribution < -0.4 is 0 Å². The maximum Gasteiger partial charge on any atom is 0.227 e. The molecule has 0 atom stereocenters. The molecule has 0 spiro atoms. The number of hydrogen-bond donors (Lipinski definition) is 1. The number of hydrogen-bond acceptors (Lipinski definition) is 4. The standard InChI is InChI=1S/C12H14N2OS3/c1-8-10(18-12(16)13-8)5-11(15)14(2)6-9-3-4-17-7-9/h3-4,7H,5-6H2,1-2H3,(H,13,16). The van der Waals surface area contributed by atoms with Crippen molar-refractivity contribution in [2.24, 2.45) is 0 Å². The summed E-state index contributed by atoms with van der Waals surface area (Å²) in [6.45, 7) is 2.62. The summed E-state index contributed by atoms with van der Waals surface area (Å²) in [4.78, 5) is 17.9. The molecular formula is C12H14N2OS3. The second kappa shape index (κ2) is 5.77. The first-order valence-corrected chi connectivity index (χ1v) is 7.66. The molecule has 1 amide bonds. The van der Waals surface area contributed by atoms with Gasteiger partial charge in [-0.1, -0.05) is 0 Å². The number of aryl methyl sites for hydroxylation is 1. The van der Waals surface area contributed by atoms with Gasteiger partial charge in [-0.3, -0.25) is 4.79 Å². The molecule has 1 N–H and O–H groups in total. The molecule has 18 heavy (non-hydrogen) atoms. The zero-order chi connectivity index (χ0) is 13.1. The van der Waals surface area contributed by atoms with Crippen LogP contribution >= 0.6 is 34.9 Å². The number of aromatic nitrogens is 1. The van der Waals surface area contributed by atoms with Crippen LogP contribution in [0.3, 0.4) is 0 Å². The molecule has 0 saturated carbocycles. The van der Waals surface area contributed by atoms with Gasteiger partial charge >= 0.3 is 0 Å². The number of H-pyrrole nitrogens is 1. The lowest BCUT2D eigenvalue weighted by atomic mass is 10.2. The number of amides is 1. The van der Waals surface area contributed by atoms with Crippen molar-refractivity contribution in [3.8, 4) is 0 Å². The van der Waals surface area contributed by atoms with E-state index < -0.39 is 0 Å². The van der Waals surface area contributed by atoms with Crippen molar-refractivity contribution in [2.75, 3.05) is 7.05 Å². The lowest BCUT2D eigenvalue weighted by Gasteiger charge is -2.16. The van der Waals surface area contributed by atoms with Crippen LogP contribution in [0.25, 0.3) is 0 Å². The van der Waals surface area contributed by atoms with Crippen molar-refractivity contribution in [1.82, 2.24) is 9.88 Å². The SMILES string of the molecule is Cc1[nH]c(=S)sc1CC(=O)N(C)Cc1ccsc1. The van der Waals surface area contributed by atoms with Crippen molar-refractivity contribution >= 4 is 40.8 Å². The van der Waals surface area contributed by atoms with Crippen LogP contribution in [0.2, 0.25) is 0 Å². The van der Waals surface area contributed by atoms with Gasteiger partial charge in [0.05, 0.1) is 6.42 Å². The molecular weight excluding hydrogens is 284 g/mol. The number of thiazole rings is 1. The van der Waals surface area contributed by atoms with Crippen molar-refractivity contribution in [1.29, 1.82) is 0 Å². The van der Waals surface area contributed by atoms with Crippen LogP contribution in [-0.2, 0) is 17.8 Å². The van der Waals surface area contributed by atoms with E-state index in [4.69, 9.17) is 12.2 Å². The van der Waals surface area contributed by atoms with Crippen LogP contribution in [0.1, 0.15) is 16.1 Å². The highest BCUT2D eigenvalue weighted by Crippen LogP contribution is 2.16. The molecule has 6 heteroatoms. The summed E-state index contributed by atoms with van der Waals surface area (Å²) in [5, 5.41) is 4.09. The fraction of sp³-hybridized carbons (Fsp3) is 0.333. The fourth-order valence-electron chi connectivity index (χ4n) is 1.62. The van der Waals surface area contributed by atoms with E-state index in [1.165, 1.54) is 16.9 Å². The van der Waals surface area contributed by atoms with E-state index in [0.717, 1.165) is 14.5 Å². The molecule has 2 aromatic rings. The number of carbonyl (C=O) groups excluding carboxylic acids is 1. The Morgan fingerprint density at radius 1 is 1.56 bits per heavy atom. The fourth-order valence-corrected chi connectivity index (χ4v) is 3.56. The lowest BCUT2D eigenvalue weighted by Crippen LogP contribution is -2.27.